The highest BCUT2D eigenvalue weighted by Gasteiger charge is 2.27. The third-order valence-electron chi connectivity index (χ3n) is 2.35. The molecule has 0 radical (unpaired) electrons. The van der Waals surface area contributed by atoms with Crippen LogP contribution in [0, 0.1) is 0 Å². The van der Waals surface area contributed by atoms with Crippen LogP contribution in [-0.4, -0.2) is 24.4 Å². The molecule has 1 rings (SSSR count). The summed E-state index contributed by atoms with van der Waals surface area (Å²) in [5.41, 5.74) is 5.20. The molecule has 0 spiro atoms. The highest BCUT2D eigenvalue weighted by molar-refractivity contribution is 5.64. The van der Waals surface area contributed by atoms with Gasteiger partial charge in [0.25, 0.3) is 0 Å². The Balaban J connectivity index is 2.80. The number of benzene rings is 1. The lowest BCUT2D eigenvalue weighted by molar-refractivity contribution is 0.0973. The van der Waals surface area contributed by atoms with Crippen molar-refractivity contribution < 1.29 is 14.6 Å². The fourth-order valence-electron chi connectivity index (χ4n) is 1.29. The number of carbonyl (C=O) groups excluding carboxylic acids is 1. The van der Waals surface area contributed by atoms with Crippen molar-refractivity contribution in [2.24, 2.45) is 5.73 Å². The van der Waals surface area contributed by atoms with Crippen molar-refractivity contribution in [1.29, 1.82) is 0 Å². The summed E-state index contributed by atoms with van der Waals surface area (Å²) in [6.45, 7) is 1.78. The largest absolute Gasteiger partial charge is 0.449 e. The lowest BCUT2D eigenvalue weighted by Gasteiger charge is -2.26. The van der Waals surface area contributed by atoms with Crippen molar-refractivity contribution in [3.63, 3.8) is 0 Å². The maximum atomic E-state index is 10.5. The first-order valence-electron chi connectivity index (χ1n) is 4.67. The van der Waals surface area contributed by atoms with Crippen molar-refractivity contribution >= 4 is 6.09 Å². The monoisotopic (exact) mass is 209 g/mol. The van der Waals surface area contributed by atoms with Crippen LogP contribution in [0.25, 0.3) is 0 Å². The molecule has 0 bridgehead atoms. The first kappa shape index (κ1) is 11.5. The van der Waals surface area contributed by atoms with Gasteiger partial charge in [0.1, 0.15) is 6.61 Å². The normalized spacial score (nSPS) is 14.3. The molecule has 0 heterocycles. The Morgan fingerprint density at radius 1 is 1.47 bits per heavy atom. The van der Waals surface area contributed by atoms with Gasteiger partial charge in [0, 0.05) is 5.41 Å². The Hall–Kier alpha value is -1.55. The second-order valence-electron chi connectivity index (χ2n) is 3.69. The molecule has 0 aliphatic heterocycles. The zero-order chi connectivity index (χ0) is 11.3. The molecule has 0 saturated carbocycles. The molecule has 1 unspecified atom stereocenters. The molecule has 15 heavy (non-hydrogen) atoms. The zero-order valence-electron chi connectivity index (χ0n) is 8.64. The number of aliphatic hydroxyl groups is 1. The van der Waals surface area contributed by atoms with Crippen LogP contribution >= 0.6 is 0 Å². The van der Waals surface area contributed by atoms with Gasteiger partial charge in [-0.15, -0.1) is 0 Å². The number of carbonyl (C=O) groups is 1. The summed E-state index contributed by atoms with van der Waals surface area (Å²) in [5.74, 6) is 0. The minimum absolute atomic E-state index is 0.0723. The standard InChI is InChI=1S/C11H15NO3/c1-11(7-13,8-15-10(12)14)9-5-3-2-4-6-9/h2-6,13H,7-8H2,1H3,(H2,12,14). The van der Waals surface area contributed by atoms with Crippen LogP contribution < -0.4 is 5.73 Å². The predicted molar refractivity (Wildman–Crippen MR) is 56.4 cm³/mol. The molecular weight excluding hydrogens is 194 g/mol. The second kappa shape index (κ2) is 4.79. The lowest BCUT2D eigenvalue weighted by Crippen LogP contribution is -2.34. The van der Waals surface area contributed by atoms with Gasteiger partial charge in [0.05, 0.1) is 6.61 Å². The number of hydrogen-bond donors (Lipinski definition) is 2. The van der Waals surface area contributed by atoms with E-state index in [0.29, 0.717) is 0 Å². The van der Waals surface area contributed by atoms with Crippen molar-refractivity contribution in [3.8, 4) is 0 Å². The van der Waals surface area contributed by atoms with Gasteiger partial charge in [-0.25, -0.2) is 4.79 Å². The van der Waals surface area contributed by atoms with Gasteiger partial charge in [-0.1, -0.05) is 37.3 Å². The topological polar surface area (TPSA) is 72.6 Å². The van der Waals surface area contributed by atoms with Crippen molar-refractivity contribution in [3.05, 3.63) is 35.9 Å². The van der Waals surface area contributed by atoms with Gasteiger partial charge >= 0.3 is 6.09 Å². The molecule has 1 aromatic rings. The smallest absolute Gasteiger partial charge is 0.404 e. The van der Waals surface area contributed by atoms with Crippen molar-refractivity contribution in [2.45, 2.75) is 12.3 Å². The summed E-state index contributed by atoms with van der Waals surface area (Å²) in [7, 11) is 0. The van der Waals surface area contributed by atoms with Crippen LogP contribution in [0.2, 0.25) is 0 Å². The van der Waals surface area contributed by atoms with Crippen LogP contribution in [0.15, 0.2) is 30.3 Å². The van der Waals surface area contributed by atoms with E-state index in [1.807, 2.05) is 37.3 Å². The molecule has 0 aliphatic rings. The minimum atomic E-state index is -0.828. The molecule has 1 aromatic carbocycles. The molecule has 1 atom stereocenters. The molecular formula is C11H15NO3. The van der Waals surface area contributed by atoms with Gasteiger partial charge in [-0.05, 0) is 5.56 Å². The van der Waals surface area contributed by atoms with Crippen molar-refractivity contribution in [2.75, 3.05) is 13.2 Å². The highest BCUT2D eigenvalue weighted by Crippen LogP contribution is 2.23. The average Bonchev–Trinajstić information content (AvgIpc) is 2.27. The van der Waals surface area contributed by atoms with Crippen LogP contribution in [0.4, 0.5) is 4.79 Å². The van der Waals surface area contributed by atoms with Gasteiger partial charge in [0.15, 0.2) is 0 Å². The van der Waals surface area contributed by atoms with Gasteiger partial charge in [-0.3, -0.25) is 0 Å². The zero-order valence-corrected chi connectivity index (χ0v) is 8.64. The van der Waals surface area contributed by atoms with E-state index in [1.165, 1.54) is 0 Å². The Morgan fingerprint density at radius 3 is 2.53 bits per heavy atom. The number of rotatable bonds is 4. The molecule has 82 valence electrons. The molecule has 0 aliphatic carbocycles. The van der Waals surface area contributed by atoms with E-state index in [1.54, 1.807) is 0 Å². The summed E-state index contributed by atoms with van der Waals surface area (Å²) in [6, 6.07) is 9.37. The first-order valence-corrected chi connectivity index (χ1v) is 4.67. The van der Waals surface area contributed by atoms with Crippen LogP contribution in [0.1, 0.15) is 12.5 Å². The maximum Gasteiger partial charge on any atom is 0.404 e. The number of aliphatic hydroxyl groups excluding tert-OH is 1. The summed E-state index contributed by atoms with van der Waals surface area (Å²) in [6.07, 6.45) is -0.828. The number of nitrogens with two attached hydrogens (primary N) is 1. The van der Waals surface area contributed by atoms with E-state index in [2.05, 4.69) is 0 Å². The van der Waals surface area contributed by atoms with Crippen LogP contribution in [0.5, 0.6) is 0 Å². The van der Waals surface area contributed by atoms with Gasteiger partial charge in [0.2, 0.25) is 0 Å². The number of hydrogen-bond acceptors (Lipinski definition) is 3. The summed E-state index contributed by atoms with van der Waals surface area (Å²) < 4.78 is 4.73. The fourth-order valence-corrected chi connectivity index (χ4v) is 1.29. The molecule has 4 heteroatoms. The Kier molecular flexibility index (Phi) is 3.68. The van der Waals surface area contributed by atoms with E-state index in [9.17, 15) is 9.90 Å². The predicted octanol–water partition coefficient (Wildman–Crippen LogP) is 1.03. The Labute approximate surface area is 88.7 Å². The third kappa shape index (κ3) is 2.95. The fraction of sp³-hybridized carbons (Fsp3) is 0.364. The van der Waals surface area contributed by atoms with E-state index in [4.69, 9.17) is 10.5 Å². The summed E-state index contributed by atoms with van der Waals surface area (Å²) >= 11 is 0. The molecule has 3 N–H and O–H groups in total. The van der Waals surface area contributed by atoms with E-state index in [-0.39, 0.29) is 13.2 Å². The average molecular weight is 209 g/mol. The highest BCUT2D eigenvalue weighted by atomic mass is 16.5. The molecule has 0 fully saturated rings. The van der Waals surface area contributed by atoms with Crippen molar-refractivity contribution in [1.82, 2.24) is 0 Å². The lowest BCUT2D eigenvalue weighted by atomic mass is 9.84. The van der Waals surface area contributed by atoms with E-state index < -0.39 is 11.5 Å². The molecule has 0 aromatic heterocycles. The minimum Gasteiger partial charge on any atom is -0.449 e. The van der Waals surface area contributed by atoms with Crippen LogP contribution in [-0.2, 0) is 10.2 Å². The second-order valence-corrected chi connectivity index (χ2v) is 3.69. The molecule has 4 nitrogen and oxygen atoms in total. The SMILES string of the molecule is CC(CO)(COC(N)=O)c1ccccc1. The molecule has 1 amide bonds. The van der Waals surface area contributed by atoms with Gasteiger partial charge in [-0.2, -0.15) is 0 Å². The quantitative estimate of drug-likeness (QED) is 0.778. The van der Waals surface area contributed by atoms with E-state index >= 15 is 0 Å². The van der Waals surface area contributed by atoms with Gasteiger partial charge < -0.3 is 15.6 Å². The number of amides is 1. The summed E-state index contributed by atoms with van der Waals surface area (Å²) in [5, 5.41) is 9.32. The number of primary amides is 1. The number of ether oxygens (including phenoxy) is 1. The maximum absolute atomic E-state index is 10.5. The molecule has 0 saturated heterocycles. The Morgan fingerprint density at radius 2 is 2.07 bits per heavy atom. The Bertz CT molecular complexity index is 326. The van der Waals surface area contributed by atoms with Crippen LogP contribution in [0.3, 0.4) is 0 Å². The summed E-state index contributed by atoms with van der Waals surface area (Å²) in [4.78, 5) is 10.5. The van der Waals surface area contributed by atoms with E-state index in [0.717, 1.165) is 5.56 Å². The first-order chi connectivity index (χ1) is 7.08. The third-order valence-corrected chi connectivity index (χ3v) is 2.35.